The molecule has 3 heterocycles. The number of para-hydroxylation sites is 1. The fourth-order valence-corrected chi connectivity index (χ4v) is 4.16. The van der Waals surface area contributed by atoms with Gasteiger partial charge in [-0.3, -0.25) is 19.5 Å². The number of ketones is 1. The monoisotopic (exact) mass is 479 g/mol. The molecule has 0 spiro atoms. The molecule has 1 fully saturated rings. The zero-order chi connectivity index (χ0) is 24.7. The van der Waals surface area contributed by atoms with Crippen molar-refractivity contribution in [3.63, 3.8) is 0 Å². The number of halogens is 3. The summed E-state index contributed by atoms with van der Waals surface area (Å²) in [5, 5.41) is 11.9. The summed E-state index contributed by atoms with van der Waals surface area (Å²) in [7, 11) is 0. The Morgan fingerprint density at radius 1 is 1.03 bits per heavy atom. The third-order valence-corrected chi connectivity index (χ3v) is 5.59. The number of aromatic amines is 1. The summed E-state index contributed by atoms with van der Waals surface area (Å²) in [4.78, 5) is 34.6. The minimum absolute atomic E-state index is 0.0255. The maximum absolute atomic E-state index is 13.2. The molecule has 0 saturated carbocycles. The second-order valence-corrected chi connectivity index (χ2v) is 7.72. The van der Waals surface area contributed by atoms with Crippen molar-refractivity contribution < 1.29 is 32.6 Å². The molecule has 1 saturated heterocycles. The van der Waals surface area contributed by atoms with Crippen LogP contribution in [-0.2, 0) is 9.59 Å². The average Bonchev–Trinajstić information content (AvgIpc) is 3.37. The molecule has 1 amide bonds. The fraction of sp³-hybridized carbons (Fsp3) is 0.0800. The molecule has 7 nitrogen and oxygen atoms in total. The lowest BCUT2D eigenvalue weighted by molar-refractivity contribution is -0.274. The highest BCUT2D eigenvalue weighted by atomic mass is 19.4. The Balaban J connectivity index is 1.70. The van der Waals surface area contributed by atoms with E-state index in [9.17, 15) is 27.9 Å². The van der Waals surface area contributed by atoms with Gasteiger partial charge in [0, 0.05) is 40.6 Å². The van der Waals surface area contributed by atoms with E-state index in [0.717, 1.165) is 17.0 Å². The van der Waals surface area contributed by atoms with Gasteiger partial charge in [0.25, 0.3) is 11.7 Å². The van der Waals surface area contributed by atoms with Gasteiger partial charge in [-0.1, -0.05) is 30.3 Å². The van der Waals surface area contributed by atoms with Gasteiger partial charge in [-0.15, -0.1) is 13.2 Å². The summed E-state index contributed by atoms with van der Waals surface area (Å²) in [6.07, 6.45) is -1.98. The van der Waals surface area contributed by atoms with Crippen LogP contribution in [0, 0.1) is 0 Å². The van der Waals surface area contributed by atoms with E-state index in [1.54, 1.807) is 42.5 Å². The number of nitrogens with zero attached hydrogens (tertiary/aromatic N) is 2. The van der Waals surface area contributed by atoms with Crippen LogP contribution in [0.3, 0.4) is 0 Å². The van der Waals surface area contributed by atoms with Gasteiger partial charge in [-0.2, -0.15) is 0 Å². The van der Waals surface area contributed by atoms with Crippen LogP contribution in [0.25, 0.3) is 16.7 Å². The minimum atomic E-state index is -4.94. The molecule has 176 valence electrons. The summed E-state index contributed by atoms with van der Waals surface area (Å²) in [5.41, 5.74) is 0.988. The van der Waals surface area contributed by atoms with Crippen molar-refractivity contribution in [3.8, 4) is 5.75 Å². The average molecular weight is 479 g/mol. The number of aliphatic hydroxyl groups is 1. The van der Waals surface area contributed by atoms with Crippen molar-refractivity contribution in [2.45, 2.75) is 12.4 Å². The number of fused-ring (bicyclic) bond motifs is 1. The Morgan fingerprint density at radius 3 is 2.54 bits per heavy atom. The van der Waals surface area contributed by atoms with Gasteiger partial charge in [-0.25, -0.2) is 0 Å². The number of alkyl halides is 3. The Morgan fingerprint density at radius 2 is 1.80 bits per heavy atom. The molecule has 0 bridgehead atoms. The molecule has 1 aliphatic rings. The normalized spacial score (nSPS) is 17.8. The van der Waals surface area contributed by atoms with Crippen LogP contribution in [-0.4, -0.2) is 33.1 Å². The Hall–Kier alpha value is -4.60. The number of benzene rings is 2. The van der Waals surface area contributed by atoms with E-state index in [1.807, 2.05) is 0 Å². The molecule has 10 heteroatoms. The van der Waals surface area contributed by atoms with E-state index in [2.05, 4.69) is 14.7 Å². The number of anilines is 1. The lowest BCUT2D eigenvalue weighted by Gasteiger charge is -2.25. The summed E-state index contributed by atoms with van der Waals surface area (Å²) < 4.78 is 42.3. The Bertz CT molecular complexity index is 1480. The van der Waals surface area contributed by atoms with Crippen LogP contribution < -0.4 is 9.64 Å². The maximum atomic E-state index is 13.2. The van der Waals surface area contributed by atoms with Gasteiger partial charge in [0.1, 0.15) is 17.6 Å². The van der Waals surface area contributed by atoms with Gasteiger partial charge in [0.15, 0.2) is 0 Å². The zero-order valence-electron chi connectivity index (χ0n) is 17.8. The predicted octanol–water partition coefficient (Wildman–Crippen LogP) is 5.09. The van der Waals surface area contributed by atoms with Gasteiger partial charge in [0.05, 0.1) is 11.3 Å². The van der Waals surface area contributed by atoms with Crippen LogP contribution in [0.15, 0.2) is 84.7 Å². The van der Waals surface area contributed by atoms with E-state index in [1.165, 1.54) is 24.5 Å². The lowest BCUT2D eigenvalue weighted by Crippen LogP contribution is -2.30. The van der Waals surface area contributed by atoms with Gasteiger partial charge in [-0.05, 0) is 30.3 Å². The maximum Gasteiger partial charge on any atom is 0.573 e. The molecule has 1 unspecified atom stereocenters. The molecule has 4 aromatic rings. The third kappa shape index (κ3) is 3.99. The fourth-order valence-electron chi connectivity index (χ4n) is 4.16. The number of pyridine rings is 1. The minimum Gasteiger partial charge on any atom is -0.507 e. The van der Waals surface area contributed by atoms with E-state index >= 15 is 0 Å². The zero-order valence-corrected chi connectivity index (χ0v) is 17.8. The number of carbonyl (C=O) groups excluding carboxylic acids is 2. The lowest BCUT2D eigenvalue weighted by atomic mass is 9.98. The molecule has 2 aromatic heterocycles. The summed E-state index contributed by atoms with van der Waals surface area (Å²) in [5.74, 6) is -3.01. The molecule has 1 aliphatic heterocycles. The van der Waals surface area contributed by atoms with Crippen LogP contribution in [0.5, 0.6) is 5.75 Å². The molecule has 0 aliphatic carbocycles. The van der Waals surface area contributed by atoms with Crippen molar-refractivity contribution in [2.24, 2.45) is 0 Å². The predicted molar refractivity (Wildman–Crippen MR) is 120 cm³/mol. The van der Waals surface area contributed by atoms with Gasteiger partial charge >= 0.3 is 6.36 Å². The van der Waals surface area contributed by atoms with Crippen molar-refractivity contribution in [2.75, 3.05) is 4.90 Å². The number of amides is 1. The number of Topliss-reactive ketones (excluding diaryl/α,β-unsaturated/α-hetero) is 1. The number of hydrogen-bond donors (Lipinski definition) is 2. The first-order valence-electron chi connectivity index (χ1n) is 10.4. The number of hydrogen-bond acceptors (Lipinski definition) is 5. The first-order valence-corrected chi connectivity index (χ1v) is 10.4. The smallest absolute Gasteiger partial charge is 0.507 e. The quantitative estimate of drug-likeness (QED) is 0.242. The molecule has 2 N–H and O–H groups in total. The number of aliphatic hydroxyl groups excluding tert-OH is 1. The van der Waals surface area contributed by atoms with Gasteiger partial charge < -0.3 is 14.8 Å². The molecule has 0 radical (unpaired) electrons. The summed E-state index contributed by atoms with van der Waals surface area (Å²) in [6, 6.07) is 15.4. The third-order valence-electron chi connectivity index (χ3n) is 5.59. The van der Waals surface area contributed by atoms with Crippen LogP contribution in [0.4, 0.5) is 18.9 Å². The first-order chi connectivity index (χ1) is 16.7. The summed E-state index contributed by atoms with van der Waals surface area (Å²) >= 11 is 0. The highest BCUT2D eigenvalue weighted by Gasteiger charge is 2.48. The Labute approximate surface area is 196 Å². The molecule has 5 rings (SSSR count). The highest BCUT2D eigenvalue weighted by Crippen LogP contribution is 2.43. The number of H-pyrrole nitrogens is 1. The SMILES string of the molecule is O=C1C(=O)N(c2cccc(OC(F)(F)F)c2)C(c2ccccn2)/C1=C(/O)c1c[nH]c2ccccc12. The topological polar surface area (TPSA) is 95.5 Å². The number of rotatable bonds is 4. The van der Waals surface area contributed by atoms with E-state index in [-0.39, 0.29) is 17.0 Å². The van der Waals surface area contributed by atoms with Crippen LogP contribution in [0.2, 0.25) is 0 Å². The molecule has 2 aromatic carbocycles. The first kappa shape index (κ1) is 22.2. The number of aromatic nitrogens is 2. The standard InChI is InChI=1S/C25H16F3N3O4/c26-25(27,28)35-15-7-5-6-14(12-15)31-21(19-10-3-4-11-29-19)20(23(33)24(31)34)22(32)17-13-30-18-9-2-1-8-16(17)18/h1-13,21,30,32H/b22-20-. The van der Waals surface area contributed by atoms with Crippen LogP contribution >= 0.6 is 0 Å². The van der Waals surface area contributed by atoms with Crippen molar-refractivity contribution in [3.05, 3.63) is 96.0 Å². The number of nitrogens with one attached hydrogen (secondary N) is 1. The highest BCUT2D eigenvalue weighted by molar-refractivity contribution is 6.51. The molecule has 35 heavy (non-hydrogen) atoms. The number of ether oxygens (including phenoxy) is 1. The van der Waals surface area contributed by atoms with E-state index in [4.69, 9.17) is 0 Å². The second kappa shape index (κ2) is 8.32. The molecule has 1 atom stereocenters. The van der Waals surface area contributed by atoms with Crippen LogP contribution in [0.1, 0.15) is 17.3 Å². The summed E-state index contributed by atoms with van der Waals surface area (Å²) in [6.45, 7) is 0. The van der Waals surface area contributed by atoms with Crippen molar-refractivity contribution >= 4 is 34.0 Å². The van der Waals surface area contributed by atoms with E-state index < -0.39 is 35.6 Å². The molecular formula is C25H16F3N3O4. The molecular weight excluding hydrogens is 463 g/mol. The Kier molecular flexibility index (Phi) is 5.28. The van der Waals surface area contributed by atoms with Crippen molar-refractivity contribution in [1.29, 1.82) is 0 Å². The van der Waals surface area contributed by atoms with Crippen molar-refractivity contribution in [1.82, 2.24) is 9.97 Å². The van der Waals surface area contributed by atoms with E-state index in [0.29, 0.717) is 16.5 Å². The number of carbonyl (C=O) groups is 2. The second-order valence-electron chi connectivity index (χ2n) is 7.72. The largest absolute Gasteiger partial charge is 0.573 e. The van der Waals surface area contributed by atoms with Gasteiger partial charge in [0.2, 0.25) is 0 Å².